The van der Waals surface area contributed by atoms with Crippen LogP contribution in [0.15, 0.2) is 115 Å². The molecule has 0 aromatic heterocycles. The molecule has 13 rings (SSSR count). The van der Waals surface area contributed by atoms with E-state index >= 15 is 19.2 Å². The maximum atomic E-state index is 15.8. The first-order valence-electron chi connectivity index (χ1n) is 28.0. The van der Waals surface area contributed by atoms with Gasteiger partial charge in [-0.15, -0.1) is 0 Å². The molecule has 0 spiro atoms. The molecule has 6 heterocycles. The Bertz CT molecular complexity index is 4160. The Morgan fingerprint density at radius 1 is 0.527 bits per heavy atom. The lowest BCUT2D eigenvalue weighted by Crippen LogP contribution is -2.56. The number of benzene rings is 7. The lowest BCUT2D eigenvalue weighted by molar-refractivity contribution is -0.137. The molecular weight excluding hydrogens is 1230 g/mol. The summed E-state index contributed by atoms with van der Waals surface area (Å²) in [5.41, 5.74) is 10.6. The van der Waals surface area contributed by atoms with Gasteiger partial charge in [-0.2, -0.15) is 0 Å². The maximum absolute atomic E-state index is 15.8. The molecule has 7 aromatic rings. The third-order valence-electron chi connectivity index (χ3n) is 15.4. The van der Waals surface area contributed by atoms with Gasteiger partial charge in [-0.25, -0.2) is 0 Å². The number of carbonyl (C=O) groups excluding carboxylic acids is 7. The van der Waals surface area contributed by atoms with E-state index in [0.717, 1.165) is 54.6 Å². The second kappa shape index (κ2) is 25.5. The highest BCUT2D eigenvalue weighted by molar-refractivity contribution is 6.32. The minimum Gasteiger partial charge on any atom is -0.508 e. The van der Waals surface area contributed by atoms with Gasteiger partial charge in [0.05, 0.1) is 10.0 Å². The van der Waals surface area contributed by atoms with Crippen LogP contribution < -0.4 is 68.2 Å². The number of fused-ring (bicyclic) bond motifs is 14. The fourth-order valence-electron chi connectivity index (χ4n) is 10.8. The van der Waals surface area contributed by atoms with E-state index in [1.165, 1.54) is 60.7 Å². The van der Waals surface area contributed by atoms with Crippen molar-refractivity contribution >= 4 is 64.6 Å². The molecule has 8 atom stereocenters. The summed E-state index contributed by atoms with van der Waals surface area (Å²) < 4.78 is 18.5. The molecule has 7 amide bonds. The molecule has 27 nitrogen and oxygen atoms in total. The van der Waals surface area contributed by atoms with Crippen molar-refractivity contribution < 1.29 is 83.5 Å². The van der Waals surface area contributed by atoms with Gasteiger partial charge in [0.2, 0.25) is 47.1 Å². The number of amides is 7. The minimum atomic E-state index is -2.16. The Morgan fingerprint density at radius 3 is 1.82 bits per heavy atom. The molecule has 6 aliphatic heterocycles. The normalized spacial score (nSPS) is 21.3. The van der Waals surface area contributed by atoms with E-state index in [-0.39, 0.29) is 104 Å². The van der Waals surface area contributed by atoms with Crippen LogP contribution in [0.1, 0.15) is 75.3 Å². The van der Waals surface area contributed by atoms with Crippen molar-refractivity contribution in [1.29, 1.82) is 0 Å². The molecule has 91 heavy (non-hydrogen) atoms. The number of nitrogens with two attached hydrogens (primary N) is 2. The number of hydrogen-bond acceptors (Lipinski definition) is 20. The second-order valence-corrected chi connectivity index (χ2v) is 22.4. The van der Waals surface area contributed by atoms with Crippen molar-refractivity contribution in [3.05, 3.63) is 164 Å². The quantitative estimate of drug-likeness (QED) is 0.106. The van der Waals surface area contributed by atoms with E-state index in [4.69, 9.17) is 48.9 Å². The molecule has 7 aromatic carbocycles. The van der Waals surface area contributed by atoms with Gasteiger partial charge in [0.15, 0.2) is 23.0 Å². The highest BCUT2D eigenvalue weighted by atomic mass is 35.5. The van der Waals surface area contributed by atoms with Crippen LogP contribution in [0, 0.1) is 0 Å². The number of nitrogens with one attached hydrogen (secondary N) is 8. The van der Waals surface area contributed by atoms with Crippen molar-refractivity contribution in [2.75, 3.05) is 26.2 Å². The third kappa shape index (κ3) is 12.9. The number of rotatable bonds is 6. The van der Waals surface area contributed by atoms with E-state index in [1.54, 1.807) is 0 Å². The summed E-state index contributed by atoms with van der Waals surface area (Å²) in [4.78, 5) is 105. The van der Waals surface area contributed by atoms with Crippen LogP contribution in [-0.4, -0.2) is 115 Å². The first-order chi connectivity index (χ1) is 43.5. The van der Waals surface area contributed by atoms with Gasteiger partial charge < -0.3 is 104 Å². The topological polar surface area (TPSA) is 437 Å². The lowest BCUT2D eigenvalue weighted by Gasteiger charge is -2.31. The molecule has 29 heteroatoms. The monoisotopic (exact) mass is 1280 g/mol. The van der Waals surface area contributed by atoms with Crippen molar-refractivity contribution in [2.45, 2.75) is 54.8 Å². The van der Waals surface area contributed by atoms with Crippen molar-refractivity contribution in [3.63, 3.8) is 0 Å². The zero-order chi connectivity index (χ0) is 64.7. The third-order valence-corrected chi connectivity index (χ3v) is 16.0. The lowest BCUT2D eigenvalue weighted by atomic mass is 9.89. The van der Waals surface area contributed by atoms with Gasteiger partial charge >= 0.3 is 0 Å². The van der Waals surface area contributed by atoms with Gasteiger partial charge in [-0.3, -0.25) is 33.6 Å². The Morgan fingerprint density at radius 2 is 1.13 bits per heavy atom. The Hall–Kier alpha value is -10.6. The van der Waals surface area contributed by atoms with E-state index in [9.17, 15) is 50.1 Å². The summed E-state index contributed by atoms with van der Waals surface area (Å²) in [6.07, 6.45) is -2.43. The summed E-state index contributed by atoms with van der Waals surface area (Å²) in [5.74, 6) is -13.6. The Labute approximate surface area is 525 Å². The summed E-state index contributed by atoms with van der Waals surface area (Å²) in [6.45, 7) is 0.777. The standard InChI is InChI=1S/C62H56Cl2N10O17/c63-36-13-25-1-7-42(36)90-45-20-30-21-46(55(45)81)91-43-8-4-28(18-37(43)64)54(80)53-62(88)73-52(58(84)68-12-11-67-10-9-65)35-23-32(76)24-41(79)47(35)34-17-27(3-5-39(34)77)49(59(85)74-53)71-61(87)51(30)72-60(86)50-29-15-31(75)22-33(16-29)89-44-19-26(2-6-40(44)78)48(66)57(83)69-38(14-25)56(82)70-50/h1-8,13,15-24,38,48-54,67,75-81H,9-12,14,65-66H2,(H,68,84)(H,69,83)(H,70,82)(H,71,87)(H,72,86)(H,73,88)(H,74,85)/t38-,48-,49-,50+,51-,52+,53+,54-/m1/s1. The van der Waals surface area contributed by atoms with Crippen LogP contribution in [0.2, 0.25) is 10.0 Å². The van der Waals surface area contributed by atoms with Crippen LogP contribution in [0.3, 0.4) is 0 Å². The van der Waals surface area contributed by atoms with Crippen LogP contribution in [0.5, 0.6) is 69.0 Å². The zero-order valence-electron chi connectivity index (χ0n) is 47.2. The minimum absolute atomic E-state index is 0.0549. The van der Waals surface area contributed by atoms with Crippen molar-refractivity contribution in [3.8, 4) is 80.1 Å². The molecule has 470 valence electrons. The molecule has 6 aliphatic rings. The predicted molar refractivity (Wildman–Crippen MR) is 322 cm³/mol. The highest BCUT2D eigenvalue weighted by Gasteiger charge is 2.41. The molecule has 0 aliphatic carbocycles. The number of phenolic OH excluding ortho intramolecular Hbond substituents is 6. The van der Waals surface area contributed by atoms with Gasteiger partial charge in [0.25, 0.3) is 0 Å². The number of halogens is 2. The number of aromatic hydroxyl groups is 6. The molecule has 0 saturated heterocycles. The van der Waals surface area contributed by atoms with Crippen LogP contribution in [0.4, 0.5) is 0 Å². The first-order valence-corrected chi connectivity index (χ1v) is 28.8. The van der Waals surface area contributed by atoms with Crippen molar-refractivity contribution in [2.24, 2.45) is 11.5 Å². The summed E-state index contributed by atoms with van der Waals surface area (Å²) in [5, 5.41) is 102. The average molecular weight is 1280 g/mol. The number of aliphatic hydroxyl groups excluding tert-OH is 1. The van der Waals surface area contributed by atoms with Gasteiger partial charge in [0, 0.05) is 55.9 Å². The van der Waals surface area contributed by atoms with Crippen molar-refractivity contribution in [1.82, 2.24) is 42.5 Å². The molecule has 19 N–H and O–H groups in total. The molecule has 0 unspecified atom stereocenters. The number of phenols is 6. The molecular formula is C62H56Cl2N10O17. The van der Waals surface area contributed by atoms with Crippen LogP contribution in [0.25, 0.3) is 11.1 Å². The number of carbonyl (C=O) groups is 7. The van der Waals surface area contributed by atoms with E-state index in [1.807, 2.05) is 0 Å². The van der Waals surface area contributed by atoms with E-state index in [0.29, 0.717) is 12.1 Å². The Balaban J connectivity index is 1.12. The first kappa shape index (κ1) is 62.1. The number of ether oxygens (including phenoxy) is 3. The van der Waals surface area contributed by atoms with Gasteiger partial charge in [-0.1, -0.05) is 47.5 Å². The summed E-state index contributed by atoms with van der Waals surface area (Å²) in [7, 11) is 0. The maximum Gasteiger partial charge on any atom is 0.248 e. The SMILES string of the molecule is NCCNCCNC(=O)[C@H]1NC(=O)[C@H]2NC(=O)[C@H](NC(=O)[C@@H]3NC(=O)[C@H]4NC(=O)[C@@H](Cc5ccc(c(Cl)c5)Oc5cc3cc(c5O)Oc3ccc(cc3Cl)[C@H]2O)NC(=O)[C@H](N)c2ccc(O)c(c2)Oc2cc(O)cc4c2)c2ccc(O)c(c2)-c2c(O)cc(O)cc21. The molecule has 0 fully saturated rings. The summed E-state index contributed by atoms with van der Waals surface area (Å²) >= 11 is 13.8. The molecule has 0 radical (unpaired) electrons. The zero-order valence-corrected chi connectivity index (χ0v) is 48.8. The molecule has 0 saturated carbocycles. The summed E-state index contributed by atoms with van der Waals surface area (Å²) in [6, 6.07) is 9.19. The Kier molecular flexibility index (Phi) is 17.4. The smallest absolute Gasteiger partial charge is 0.248 e. The predicted octanol–water partition coefficient (Wildman–Crippen LogP) is 3.56. The van der Waals surface area contributed by atoms with Gasteiger partial charge in [-0.05, 0) is 118 Å². The van der Waals surface area contributed by atoms with Crippen LogP contribution >= 0.6 is 23.2 Å². The molecule has 17 bridgehead atoms. The van der Waals surface area contributed by atoms with E-state index in [2.05, 4.69) is 42.5 Å². The number of aliphatic hydroxyl groups is 1. The number of hydrogen-bond donors (Lipinski definition) is 17. The van der Waals surface area contributed by atoms with Gasteiger partial charge in [0.1, 0.15) is 88.6 Å². The largest absolute Gasteiger partial charge is 0.508 e. The fraction of sp³-hybridized carbons (Fsp3) is 0.210. The highest BCUT2D eigenvalue weighted by Crippen LogP contribution is 2.48. The fourth-order valence-corrected chi connectivity index (χ4v) is 11.3. The second-order valence-electron chi connectivity index (χ2n) is 21.6. The van der Waals surface area contributed by atoms with Crippen LogP contribution in [-0.2, 0) is 40.0 Å². The van der Waals surface area contributed by atoms with E-state index < -0.39 is 136 Å². The average Bonchev–Trinajstić information content (AvgIpc) is 0.901.